The smallest absolute Gasteiger partial charge is 0.266 e. The van der Waals surface area contributed by atoms with Crippen molar-refractivity contribution in [3.8, 4) is 6.07 Å². The third-order valence-corrected chi connectivity index (χ3v) is 1.57. The molecule has 13 heavy (non-hydrogen) atoms. The van der Waals surface area contributed by atoms with Crippen molar-refractivity contribution in [1.29, 1.82) is 5.26 Å². The average molecular weight is 181 g/mol. The van der Waals surface area contributed by atoms with Gasteiger partial charge in [-0.3, -0.25) is 19.8 Å². The predicted octanol–water partition coefficient (Wildman–Crippen LogP) is -1.06. The first kappa shape index (κ1) is 9.19. The summed E-state index contributed by atoms with van der Waals surface area (Å²) in [4.78, 5) is 32.7. The first-order chi connectivity index (χ1) is 6.06. The Bertz CT molecular complexity index is 317. The van der Waals surface area contributed by atoms with Crippen LogP contribution in [0.5, 0.6) is 0 Å². The minimum atomic E-state index is -0.959. The second-order valence-corrected chi connectivity index (χ2v) is 2.62. The fraction of sp³-hybridized carbons (Fsp3) is 0.429. The topological polar surface area (TPSA) is 90.3 Å². The van der Waals surface area contributed by atoms with Crippen molar-refractivity contribution < 1.29 is 14.4 Å². The van der Waals surface area contributed by atoms with Crippen LogP contribution in [0.3, 0.4) is 0 Å². The maximum atomic E-state index is 11.2. The molecule has 1 aliphatic rings. The number of hydrazine groups is 1. The van der Waals surface area contributed by atoms with E-state index in [1.165, 1.54) is 6.92 Å². The highest BCUT2D eigenvalue weighted by atomic mass is 16.2. The number of imide groups is 1. The van der Waals surface area contributed by atoms with Gasteiger partial charge in [-0.2, -0.15) is 10.3 Å². The molecular formula is C7H7N3O3. The van der Waals surface area contributed by atoms with E-state index >= 15 is 0 Å². The Morgan fingerprint density at radius 1 is 1.69 bits per heavy atom. The van der Waals surface area contributed by atoms with Crippen LogP contribution in [0.25, 0.3) is 0 Å². The highest BCUT2D eigenvalue weighted by molar-refractivity contribution is 6.05. The molecule has 0 saturated carbocycles. The summed E-state index contributed by atoms with van der Waals surface area (Å²) in [7, 11) is 0. The maximum absolute atomic E-state index is 11.2. The van der Waals surface area contributed by atoms with Gasteiger partial charge in [0, 0.05) is 6.92 Å². The van der Waals surface area contributed by atoms with E-state index in [-0.39, 0.29) is 6.42 Å². The first-order valence-corrected chi connectivity index (χ1v) is 3.60. The Kier molecular flexibility index (Phi) is 2.28. The van der Waals surface area contributed by atoms with Crippen LogP contribution in [0, 0.1) is 17.2 Å². The Morgan fingerprint density at radius 2 is 2.31 bits per heavy atom. The molecule has 68 valence electrons. The molecule has 0 radical (unpaired) electrons. The summed E-state index contributed by atoms with van der Waals surface area (Å²) in [5.74, 6) is -2.69. The minimum absolute atomic E-state index is 0.157. The zero-order chi connectivity index (χ0) is 10.0. The zero-order valence-corrected chi connectivity index (χ0v) is 6.90. The van der Waals surface area contributed by atoms with Gasteiger partial charge in [-0.25, -0.2) is 0 Å². The second kappa shape index (κ2) is 3.23. The molecule has 1 rings (SSSR count). The van der Waals surface area contributed by atoms with Gasteiger partial charge in [-0.05, 0) is 0 Å². The monoisotopic (exact) mass is 181 g/mol. The number of nitrogens with zero attached hydrogens (tertiary/aromatic N) is 2. The summed E-state index contributed by atoms with van der Waals surface area (Å²) in [5.41, 5.74) is 2.05. The van der Waals surface area contributed by atoms with E-state index in [1.807, 2.05) is 5.43 Å². The molecule has 0 aliphatic carbocycles. The average Bonchev–Trinajstić information content (AvgIpc) is 2.31. The number of nitrogens with one attached hydrogen (secondary N) is 1. The molecule has 1 atom stereocenters. The molecule has 0 aromatic rings. The lowest BCUT2D eigenvalue weighted by molar-refractivity contribution is -0.147. The fourth-order valence-corrected chi connectivity index (χ4v) is 1.01. The summed E-state index contributed by atoms with van der Waals surface area (Å²) in [6, 6.07) is 1.68. The Labute approximate surface area is 74.1 Å². The first-order valence-electron chi connectivity index (χ1n) is 3.60. The van der Waals surface area contributed by atoms with Crippen molar-refractivity contribution >= 4 is 17.7 Å². The normalized spacial score (nSPS) is 21.5. The van der Waals surface area contributed by atoms with Crippen molar-refractivity contribution in [3.05, 3.63) is 0 Å². The molecule has 1 unspecified atom stereocenters. The third kappa shape index (κ3) is 1.64. The zero-order valence-electron chi connectivity index (χ0n) is 6.90. The number of carbonyl (C=O) groups is 3. The van der Waals surface area contributed by atoms with Gasteiger partial charge in [0.05, 0.1) is 12.5 Å². The van der Waals surface area contributed by atoms with Gasteiger partial charge in [0.15, 0.2) is 0 Å². The number of hydrogen-bond donors (Lipinski definition) is 1. The van der Waals surface area contributed by atoms with E-state index < -0.39 is 23.6 Å². The van der Waals surface area contributed by atoms with Crippen LogP contribution in [0.1, 0.15) is 13.3 Å². The molecule has 1 saturated heterocycles. The van der Waals surface area contributed by atoms with Crippen LogP contribution >= 0.6 is 0 Å². The minimum Gasteiger partial charge on any atom is -0.274 e. The summed E-state index contributed by atoms with van der Waals surface area (Å²) in [6.45, 7) is 1.18. The number of carbonyl (C=O) groups excluding carboxylic acids is 3. The molecule has 0 aromatic heterocycles. The maximum Gasteiger partial charge on any atom is 0.266 e. The standard InChI is InChI=1S/C7H7N3O3/c1-4(11)9-10-6(12)2-5(3-8)7(10)13/h5H,2H2,1H3,(H,9,11). The molecule has 0 aromatic carbocycles. The molecule has 0 bridgehead atoms. The molecule has 3 amide bonds. The largest absolute Gasteiger partial charge is 0.274 e. The van der Waals surface area contributed by atoms with E-state index in [9.17, 15) is 14.4 Å². The molecule has 1 fully saturated rings. The van der Waals surface area contributed by atoms with Crippen LogP contribution in [0.15, 0.2) is 0 Å². The van der Waals surface area contributed by atoms with Crippen molar-refractivity contribution in [3.63, 3.8) is 0 Å². The van der Waals surface area contributed by atoms with E-state index in [2.05, 4.69) is 0 Å². The van der Waals surface area contributed by atoms with Crippen molar-refractivity contribution in [2.24, 2.45) is 5.92 Å². The van der Waals surface area contributed by atoms with E-state index in [4.69, 9.17) is 5.26 Å². The summed E-state index contributed by atoms with van der Waals surface area (Å²) in [5, 5.41) is 9.04. The van der Waals surface area contributed by atoms with Gasteiger partial charge in [0.2, 0.25) is 11.8 Å². The molecule has 6 heteroatoms. The van der Waals surface area contributed by atoms with Crippen LogP contribution in [0.4, 0.5) is 0 Å². The van der Waals surface area contributed by atoms with Crippen LogP contribution in [-0.4, -0.2) is 22.7 Å². The van der Waals surface area contributed by atoms with Gasteiger partial charge in [-0.15, -0.1) is 0 Å². The summed E-state index contributed by atoms with van der Waals surface area (Å²) < 4.78 is 0. The number of hydrogen-bond acceptors (Lipinski definition) is 4. The molecule has 6 nitrogen and oxygen atoms in total. The lowest BCUT2D eigenvalue weighted by Crippen LogP contribution is -2.45. The van der Waals surface area contributed by atoms with Gasteiger partial charge in [0.25, 0.3) is 5.91 Å². The fourth-order valence-electron chi connectivity index (χ4n) is 1.01. The van der Waals surface area contributed by atoms with E-state index in [1.54, 1.807) is 6.07 Å². The van der Waals surface area contributed by atoms with Crippen LogP contribution < -0.4 is 5.43 Å². The lowest BCUT2D eigenvalue weighted by atomic mass is 10.1. The number of nitriles is 1. The number of amides is 3. The van der Waals surface area contributed by atoms with E-state index in [0.717, 1.165) is 0 Å². The quantitative estimate of drug-likeness (QED) is 0.522. The molecular weight excluding hydrogens is 174 g/mol. The van der Waals surface area contributed by atoms with Crippen LogP contribution in [0.2, 0.25) is 0 Å². The summed E-state index contributed by atoms with van der Waals surface area (Å²) in [6.07, 6.45) is -0.157. The van der Waals surface area contributed by atoms with Crippen molar-refractivity contribution in [2.45, 2.75) is 13.3 Å². The lowest BCUT2D eigenvalue weighted by Gasteiger charge is -2.12. The Morgan fingerprint density at radius 3 is 2.69 bits per heavy atom. The molecule has 1 heterocycles. The number of rotatable bonds is 1. The second-order valence-electron chi connectivity index (χ2n) is 2.62. The van der Waals surface area contributed by atoms with Crippen LogP contribution in [-0.2, 0) is 14.4 Å². The van der Waals surface area contributed by atoms with Gasteiger partial charge in [0.1, 0.15) is 5.92 Å². The van der Waals surface area contributed by atoms with Crippen molar-refractivity contribution in [2.75, 3.05) is 0 Å². The molecule has 1 aliphatic heterocycles. The Hall–Kier alpha value is -1.90. The van der Waals surface area contributed by atoms with Gasteiger partial charge >= 0.3 is 0 Å². The molecule has 0 spiro atoms. The van der Waals surface area contributed by atoms with Crippen molar-refractivity contribution in [1.82, 2.24) is 10.4 Å². The molecule has 1 N–H and O–H groups in total. The van der Waals surface area contributed by atoms with E-state index in [0.29, 0.717) is 5.01 Å². The third-order valence-electron chi connectivity index (χ3n) is 1.57. The SMILES string of the molecule is CC(=O)NN1C(=O)CC(C#N)C1=O. The summed E-state index contributed by atoms with van der Waals surface area (Å²) >= 11 is 0. The predicted molar refractivity (Wildman–Crippen MR) is 39.4 cm³/mol. The highest BCUT2D eigenvalue weighted by Gasteiger charge is 2.39. The van der Waals surface area contributed by atoms with Gasteiger partial charge < -0.3 is 0 Å². The Balaban J connectivity index is 2.77. The van der Waals surface area contributed by atoms with Gasteiger partial charge in [-0.1, -0.05) is 0 Å². The highest BCUT2D eigenvalue weighted by Crippen LogP contribution is 2.16.